The second-order valence-electron chi connectivity index (χ2n) is 5.52. The highest BCUT2D eigenvalue weighted by atomic mass is 32.2. The van der Waals surface area contributed by atoms with Gasteiger partial charge < -0.3 is 0 Å². The smallest absolute Gasteiger partial charge is 0.266 e. The van der Waals surface area contributed by atoms with Crippen molar-refractivity contribution in [2.75, 3.05) is 13.1 Å². The number of nitrogens with zero attached hydrogens (tertiary/aromatic N) is 2. The molecule has 1 aromatic rings. The predicted molar refractivity (Wildman–Crippen MR) is 118 cm³/mol. The standard InChI is InChI=1S/C18H16N2O2S4/c1-3-19-15(21)13(25-17(19)23)9-11-6-5-7-12(8-11)10-14-16(22)20(4-2)18(24)26-14/h5-10H,3-4H2,1-2H3/b13-9-,14-10+. The number of carbonyl (C=O) groups is 2. The molecule has 8 heteroatoms. The third-order valence-electron chi connectivity index (χ3n) is 3.89. The summed E-state index contributed by atoms with van der Waals surface area (Å²) in [6.07, 6.45) is 3.67. The Morgan fingerprint density at radius 2 is 1.31 bits per heavy atom. The summed E-state index contributed by atoms with van der Waals surface area (Å²) in [5, 5.41) is 0. The Hall–Kier alpha value is -1.48. The predicted octanol–water partition coefficient (Wildman–Crippen LogP) is 4.13. The van der Waals surface area contributed by atoms with E-state index in [-0.39, 0.29) is 11.8 Å². The number of benzene rings is 1. The van der Waals surface area contributed by atoms with Crippen molar-refractivity contribution in [3.8, 4) is 0 Å². The Morgan fingerprint density at radius 1 is 0.885 bits per heavy atom. The normalized spacial score (nSPS) is 21.0. The molecular formula is C18H16N2O2S4. The molecule has 2 fully saturated rings. The number of thiocarbonyl (C=S) groups is 2. The SMILES string of the molecule is CCN1C(=O)/C(=C/c2cccc(/C=C3/SC(=S)N(CC)C3=O)c2)SC1=S. The summed E-state index contributed by atoms with van der Waals surface area (Å²) in [7, 11) is 0. The number of likely N-dealkylation sites (N-methyl/N-ethyl adjacent to an activating group) is 2. The van der Waals surface area contributed by atoms with E-state index >= 15 is 0 Å². The van der Waals surface area contributed by atoms with Crippen molar-refractivity contribution in [2.45, 2.75) is 13.8 Å². The topological polar surface area (TPSA) is 40.6 Å². The van der Waals surface area contributed by atoms with Crippen molar-refractivity contribution in [2.24, 2.45) is 0 Å². The maximum absolute atomic E-state index is 12.3. The van der Waals surface area contributed by atoms with Gasteiger partial charge in [0.2, 0.25) is 0 Å². The molecule has 1 aromatic carbocycles. The van der Waals surface area contributed by atoms with Gasteiger partial charge in [-0.3, -0.25) is 19.4 Å². The highest BCUT2D eigenvalue weighted by molar-refractivity contribution is 8.27. The molecule has 2 heterocycles. The van der Waals surface area contributed by atoms with Crippen LogP contribution in [0.2, 0.25) is 0 Å². The van der Waals surface area contributed by atoms with Crippen molar-refractivity contribution in [1.82, 2.24) is 9.80 Å². The van der Waals surface area contributed by atoms with Gasteiger partial charge in [0.15, 0.2) is 0 Å². The lowest BCUT2D eigenvalue weighted by Crippen LogP contribution is -2.27. The second kappa shape index (κ2) is 8.04. The lowest BCUT2D eigenvalue weighted by molar-refractivity contribution is -0.122. The van der Waals surface area contributed by atoms with Crippen LogP contribution in [0.3, 0.4) is 0 Å². The number of amides is 2. The first-order valence-electron chi connectivity index (χ1n) is 8.05. The van der Waals surface area contributed by atoms with E-state index in [4.69, 9.17) is 24.4 Å². The monoisotopic (exact) mass is 420 g/mol. The molecule has 0 N–H and O–H groups in total. The molecular weight excluding hydrogens is 404 g/mol. The first-order valence-corrected chi connectivity index (χ1v) is 10.5. The fraction of sp³-hybridized carbons (Fsp3) is 0.222. The lowest BCUT2D eigenvalue weighted by Gasteiger charge is -2.09. The van der Waals surface area contributed by atoms with E-state index in [9.17, 15) is 9.59 Å². The summed E-state index contributed by atoms with van der Waals surface area (Å²) in [6.45, 7) is 4.95. The average molecular weight is 421 g/mol. The third kappa shape index (κ3) is 3.78. The fourth-order valence-corrected chi connectivity index (χ4v) is 5.35. The molecule has 0 spiro atoms. The first-order chi connectivity index (χ1) is 12.4. The van der Waals surface area contributed by atoms with E-state index < -0.39 is 0 Å². The molecule has 0 radical (unpaired) electrons. The maximum Gasteiger partial charge on any atom is 0.266 e. The minimum absolute atomic E-state index is 0.0586. The molecule has 0 unspecified atom stereocenters. The van der Waals surface area contributed by atoms with Crippen LogP contribution >= 0.6 is 48.0 Å². The zero-order chi connectivity index (χ0) is 18.8. The molecule has 0 aliphatic carbocycles. The molecule has 0 saturated carbocycles. The summed E-state index contributed by atoms with van der Waals surface area (Å²) >= 11 is 13.1. The maximum atomic E-state index is 12.3. The van der Waals surface area contributed by atoms with Crippen LogP contribution in [-0.4, -0.2) is 43.3 Å². The van der Waals surface area contributed by atoms with Crippen molar-refractivity contribution in [1.29, 1.82) is 0 Å². The molecule has 4 nitrogen and oxygen atoms in total. The molecule has 2 aliphatic heterocycles. The van der Waals surface area contributed by atoms with Crippen LogP contribution in [0.5, 0.6) is 0 Å². The van der Waals surface area contributed by atoms with Crippen LogP contribution in [0.1, 0.15) is 25.0 Å². The Balaban J connectivity index is 1.86. The van der Waals surface area contributed by atoms with Crippen LogP contribution in [0.25, 0.3) is 12.2 Å². The van der Waals surface area contributed by atoms with Crippen molar-refractivity contribution in [3.05, 3.63) is 45.2 Å². The van der Waals surface area contributed by atoms with Gasteiger partial charge in [-0.1, -0.05) is 66.2 Å². The van der Waals surface area contributed by atoms with E-state index in [1.165, 1.54) is 23.5 Å². The number of thioether (sulfide) groups is 2. The largest absolute Gasteiger partial charge is 0.293 e. The van der Waals surface area contributed by atoms with E-state index in [2.05, 4.69) is 0 Å². The molecule has 2 aliphatic rings. The summed E-state index contributed by atoms with van der Waals surface area (Å²) in [4.78, 5) is 29.1. The summed E-state index contributed by atoms with van der Waals surface area (Å²) < 4.78 is 1.17. The Bertz CT molecular complexity index is 808. The van der Waals surface area contributed by atoms with Gasteiger partial charge in [0.05, 0.1) is 9.81 Å². The zero-order valence-corrected chi connectivity index (χ0v) is 17.5. The van der Waals surface area contributed by atoms with E-state index in [0.717, 1.165) is 11.1 Å². The molecule has 2 saturated heterocycles. The third-order valence-corrected chi connectivity index (χ3v) is 6.64. The van der Waals surface area contributed by atoms with Crippen molar-refractivity contribution >= 4 is 80.6 Å². The van der Waals surface area contributed by atoms with Crippen molar-refractivity contribution < 1.29 is 9.59 Å². The van der Waals surface area contributed by atoms with Gasteiger partial charge in [-0.25, -0.2) is 0 Å². The molecule has 0 aromatic heterocycles. The number of rotatable bonds is 4. The fourth-order valence-electron chi connectivity index (χ4n) is 2.59. The van der Waals surface area contributed by atoms with Gasteiger partial charge in [0.25, 0.3) is 11.8 Å². The van der Waals surface area contributed by atoms with Gasteiger partial charge in [0.1, 0.15) is 8.64 Å². The van der Waals surface area contributed by atoms with Gasteiger partial charge in [-0.15, -0.1) is 0 Å². The minimum Gasteiger partial charge on any atom is -0.293 e. The number of carbonyl (C=O) groups excluding carboxylic acids is 2. The van der Waals surface area contributed by atoms with Gasteiger partial charge >= 0.3 is 0 Å². The van der Waals surface area contributed by atoms with E-state index in [1.54, 1.807) is 9.80 Å². The first kappa shape index (κ1) is 19.3. The van der Waals surface area contributed by atoms with Crippen LogP contribution in [0.4, 0.5) is 0 Å². The average Bonchev–Trinajstić information content (AvgIpc) is 3.03. The molecule has 134 valence electrons. The Labute approximate surface area is 171 Å². The molecule has 2 amide bonds. The summed E-state index contributed by atoms with van der Waals surface area (Å²) in [6, 6.07) is 7.69. The quantitative estimate of drug-likeness (QED) is 0.539. The zero-order valence-electron chi connectivity index (χ0n) is 14.2. The Morgan fingerprint density at radius 3 is 1.65 bits per heavy atom. The number of hydrogen-bond acceptors (Lipinski definition) is 6. The summed E-state index contributed by atoms with van der Waals surface area (Å²) in [5.41, 5.74) is 1.78. The Kier molecular flexibility index (Phi) is 5.96. The van der Waals surface area contributed by atoms with Crippen LogP contribution in [0, 0.1) is 0 Å². The van der Waals surface area contributed by atoms with E-state index in [0.29, 0.717) is 31.5 Å². The summed E-state index contributed by atoms with van der Waals surface area (Å²) in [5.74, 6) is -0.117. The lowest BCUT2D eigenvalue weighted by atomic mass is 10.1. The van der Waals surface area contributed by atoms with Crippen LogP contribution in [0.15, 0.2) is 34.1 Å². The molecule has 26 heavy (non-hydrogen) atoms. The second-order valence-corrected chi connectivity index (χ2v) is 8.87. The number of hydrogen-bond donors (Lipinski definition) is 0. The molecule has 0 atom stereocenters. The van der Waals surface area contributed by atoms with Crippen LogP contribution < -0.4 is 0 Å². The van der Waals surface area contributed by atoms with E-state index in [1.807, 2.05) is 50.3 Å². The molecule has 3 rings (SSSR count). The molecule has 0 bridgehead atoms. The van der Waals surface area contributed by atoms with Gasteiger partial charge in [0, 0.05) is 13.1 Å². The minimum atomic E-state index is -0.0586. The van der Waals surface area contributed by atoms with Crippen molar-refractivity contribution in [3.63, 3.8) is 0 Å². The highest BCUT2D eigenvalue weighted by Crippen LogP contribution is 2.34. The van der Waals surface area contributed by atoms with Crippen LogP contribution in [-0.2, 0) is 9.59 Å². The van der Waals surface area contributed by atoms with Gasteiger partial charge in [-0.2, -0.15) is 0 Å². The highest BCUT2D eigenvalue weighted by Gasteiger charge is 2.31. The van der Waals surface area contributed by atoms with Gasteiger partial charge in [-0.05, 0) is 43.2 Å².